The van der Waals surface area contributed by atoms with Crippen LogP contribution in [0.3, 0.4) is 0 Å². The van der Waals surface area contributed by atoms with E-state index in [9.17, 15) is 0 Å². The summed E-state index contributed by atoms with van der Waals surface area (Å²) in [5.74, 6) is 0. The van der Waals surface area contributed by atoms with E-state index >= 15 is 0 Å². The third-order valence-corrected chi connectivity index (χ3v) is 2.47. The largest absolute Gasteiger partial charge is 0.488 e. The lowest BCUT2D eigenvalue weighted by Gasteiger charge is -2.12. The average molecular weight is 198 g/mol. The Kier molecular flexibility index (Phi) is 1.81. The molecule has 3 heteroatoms. The Morgan fingerprint density at radius 3 is 3.00 bits per heavy atom. The molecule has 0 bridgehead atoms. The molecule has 0 saturated carbocycles. The molecule has 3 rings (SSSR count). The third-order valence-electron chi connectivity index (χ3n) is 2.47. The number of aromatic amines is 1. The summed E-state index contributed by atoms with van der Waals surface area (Å²) in [5.41, 5.74) is 1.98. The first-order valence-corrected chi connectivity index (χ1v) is 4.87. The lowest BCUT2D eigenvalue weighted by Crippen LogP contribution is -2.00. The number of hydrogen-bond donors (Lipinski definition) is 1. The Hall–Kier alpha value is -2.03. The molecule has 1 aliphatic rings. The first kappa shape index (κ1) is 8.29. The molecule has 0 fully saturated rings. The Labute approximate surface area is 87.1 Å². The van der Waals surface area contributed by atoms with Gasteiger partial charge in [-0.15, -0.1) is 0 Å². The monoisotopic (exact) mass is 198 g/mol. The SMILES string of the molecule is C1=COC(c2n[nH]c3ccccc23)C=C1. The van der Waals surface area contributed by atoms with Gasteiger partial charge in [0.25, 0.3) is 0 Å². The van der Waals surface area contributed by atoms with Gasteiger partial charge in [0.2, 0.25) is 0 Å². The Morgan fingerprint density at radius 2 is 2.13 bits per heavy atom. The van der Waals surface area contributed by atoms with Gasteiger partial charge in [0.1, 0.15) is 5.69 Å². The minimum absolute atomic E-state index is 0.0776. The minimum Gasteiger partial charge on any atom is -0.488 e. The van der Waals surface area contributed by atoms with Gasteiger partial charge in [-0.3, -0.25) is 5.10 Å². The molecule has 0 amide bonds. The van der Waals surface area contributed by atoms with Gasteiger partial charge in [0.05, 0.1) is 11.8 Å². The number of ether oxygens (including phenoxy) is 1. The summed E-state index contributed by atoms with van der Waals surface area (Å²) in [4.78, 5) is 0. The fraction of sp³-hybridized carbons (Fsp3) is 0.0833. The van der Waals surface area contributed by atoms with Gasteiger partial charge in [-0.25, -0.2) is 0 Å². The van der Waals surface area contributed by atoms with E-state index in [1.54, 1.807) is 6.26 Å². The van der Waals surface area contributed by atoms with Crippen molar-refractivity contribution in [3.8, 4) is 0 Å². The molecule has 0 saturated heterocycles. The lowest BCUT2D eigenvalue weighted by molar-refractivity contribution is 0.183. The van der Waals surface area contributed by atoms with Crippen LogP contribution in [0.4, 0.5) is 0 Å². The fourth-order valence-corrected chi connectivity index (χ4v) is 1.74. The van der Waals surface area contributed by atoms with Crippen molar-refractivity contribution in [2.75, 3.05) is 0 Å². The molecular weight excluding hydrogens is 188 g/mol. The van der Waals surface area contributed by atoms with E-state index in [4.69, 9.17) is 4.74 Å². The maximum atomic E-state index is 5.48. The minimum atomic E-state index is -0.0776. The fourth-order valence-electron chi connectivity index (χ4n) is 1.74. The number of allylic oxidation sites excluding steroid dienone is 2. The predicted octanol–water partition coefficient (Wildman–Crippen LogP) is 2.70. The topological polar surface area (TPSA) is 37.9 Å². The molecule has 2 heterocycles. The van der Waals surface area contributed by atoms with E-state index in [1.807, 2.05) is 42.5 Å². The summed E-state index contributed by atoms with van der Waals surface area (Å²) in [7, 11) is 0. The molecular formula is C12H10N2O. The molecule has 15 heavy (non-hydrogen) atoms. The highest BCUT2D eigenvalue weighted by Crippen LogP contribution is 2.26. The molecule has 1 aromatic heterocycles. The summed E-state index contributed by atoms with van der Waals surface area (Å²) in [5, 5.41) is 8.39. The normalized spacial score (nSPS) is 19.3. The van der Waals surface area contributed by atoms with E-state index in [1.165, 1.54) is 0 Å². The second-order valence-corrected chi connectivity index (χ2v) is 3.42. The number of benzene rings is 1. The molecule has 2 aromatic rings. The van der Waals surface area contributed by atoms with Crippen LogP contribution in [0, 0.1) is 0 Å². The highest BCUT2D eigenvalue weighted by molar-refractivity contribution is 5.81. The van der Waals surface area contributed by atoms with Crippen LogP contribution in [0.15, 0.2) is 48.8 Å². The van der Waals surface area contributed by atoms with Crippen LogP contribution in [-0.2, 0) is 4.74 Å². The van der Waals surface area contributed by atoms with Crippen LogP contribution in [0.5, 0.6) is 0 Å². The molecule has 0 aliphatic carbocycles. The van der Waals surface area contributed by atoms with Crippen LogP contribution in [0.1, 0.15) is 11.8 Å². The number of nitrogens with one attached hydrogen (secondary N) is 1. The maximum absolute atomic E-state index is 5.48. The first-order chi connectivity index (χ1) is 7.45. The Balaban J connectivity index is 2.11. The van der Waals surface area contributed by atoms with Gasteiger partial charge in [-0.2, -0.15) is 5.10 Å². The van der Waals surface area contributed by atoms with Crippen molar-refractivity contribution in [2.45, 2.75) is 6.10 Å². The zero-order chi connectivity index (χ0) is 10.1. The zero-order valence-corrected chi connectivity index (χ0v) is 8.05. The molecule has 3 nitrogen and oxygen atoms in total. The van der Waals surface area contributed by atoms with Crippen LogP contribution >= 0.6 is 0 Å². The zero-order valence-electron chi connectivity index (χ0n) is 8.05. The van der Waals surface area contributed by atoms with Crippen molar-refractivity contribution in [2.24, 2.45) is 0 Å². The van der Waals surface area contributed by atoms with Crippen molar-refractivity contribution < 1.29 is 4.74 Å². The van der Waals surface area contributed by atoms with Gasteiger partial charge < -0.3 is 4.74 Å². The number of rotatable bonds is 1. The standard InChI is InChI=1S/C12H10N2O/c1-2-6-10-9(5-1)12(14-13-10)11-7-3-4-8-15-11/h1-8,11H,(H,13,14). The van der Waals surface area contributed by atoms with Gasteiger partial charge in [-0.1, -0.05) is 24.3 Å². The van der Waals surface area contributed by atoms with Crippen molar-refractivity contribution >= 4 is 10.9 Å². The smallest absolute Gasteiger partial charge is 0.161 e. The molecule has 1 aliphatic heterocycles. The predicted molar refractivity (Wildman–Crippen MR) is 58.2 cm³/mol. The van der Waals surface area contributed by atoms with Crippen molar-refractivity contribution in [1.29, 1.82) is 0 Å². The highest BCUT2D eigenvalue weighted by Gasteiger charge is 2.15. The molecule has 1 N–H and O–H groups in total. The Morgan fingerprint density at radius 1 is 1.20 bits per heavy atom. The third kappa shape index (κ3) is 1.32. The second kappa shape index (κ2) is 3.28. The molecule has 1 atom stereocenters. The number of para-hydroxylation sites is 1. The molecule has 1 unspecified atom stereocenters. The van der Waals surface area contributed by atoms with E-state index in [0.717, 1.165) is 16.6 Å². The number of fused-ring (bicyclic) bond motifs is 1. The van der Waals surface area contributed by atoms with Crippen LogP contribution in [0.25, 0.3) is 10.9 Å². The van der Waals surface area contributed by atoms with Gasteiger partial charge in [-0.05, 0) is 18.2 Å². The number of nitrogens with zero attached hydrogens (tertiary/aromatic N) is 1. The molecule has 0 radical (unpaired) electrons. The van der Waals surface area contributed by atoms with E-state index in [0.29, 0.717) is 0 Å². The number of hydrogen-bond acceptors (Lipinski definition) is 2. The maximum Gasteiger partial charge on any atom is 0.161 e. The van der Waals surface area contributed by atoms with Crippen molar-refractivity contribution in [3.63, 3.8) is 0 Å². The van der Waals surface area contributed by atoms with Gasteiger partial charge in [0, 0.05) is 5.39 Å². The number of H-pyrrole nitrogens is 1. The summed E-state index contributed by atoms with van der Waals surface area (Å²) >= 11 is 0. The van der Waals surface area contributed by atoms with Crippen molar-refractivity contribution in [1.82, 2.24) is 10.2 Å². The lowest BCUT2D eigenvalue weighted by atomic mass is 10.1. The first-order valence-electron chi connectivity index (χ1n) is 4.87. The summed E-state index contributed by atoms with van der Waals surface area (Å²) in [6.45, 7) is 0. The molecule has 74 valence electrons. The quantitative estimate of drug-likeness (QED) is 0.765. The van der Waals surface area contributed by atoms with Crippen LogP contribution in [-0.4, -0.2) is 10.2 Å². The Bertz CT molecular complexity index is 539. The summed E-state index contributed by atoms with van der Waals surface area (Å²) < 4.78 is 5.48. The van der Waals surface area contributed by atoms with Crippen LogP contribution in [0.2, 0.25) is 0 Å². The summed E-state index contributed by atoms with van der Waals surface area (Å²) in [6, 6.07) is 8.05. The molecule has 0 spiro atoms. The number of aromatic nitrogens is 2. The van der Waals surface area contributed by atoms with E-state index in [2.05, 4.69) is 10.2 Å². The van der Waals surface area contributed by atoms with Gasteiger partial charge in [0.15, 0.2) is 6.10 Å². The van der Waals surface area contributed by atoms with E-state index < -0.39 is 0 Å². The van der Waals surface area contributed by atoms with Crippen molar-refractivity contribution in [3.05, 3.63) is 54.4 Å². The second-order valence-electron chi connectivity index (χ2n) is 3.42. The van der Waals surface area contributed by atoms with E-state index in [-0.39, 0.29) is 6.10 Å². The molecule has 1 aromatic carbocycles. The van der Waals surface area contributed by atoms with Gasteiger partial charge >= 0.3 is 0 Å². The summed E-state index contributed by atoms with van der Waals surface area (Å²) in [6.07, 6.45) is 7.44. The average Bonchev–Trinajstić information content (AvgIpc) is 2.74. The van der Waals surface area contributed by atoms with Crippen LogP contribution < -0.4 is 0 Å². The highest BCUT2D eigenvalue weighted by atomic mass is 16.5.